The summed E-state index contributed by atoms with van der Waals surface area (Å²) >= 11 is 0. The van der Waals surface area contributed by atoms with Gasteiger partial charge in [-0.05, 0) is 32.0 Å². The van der Waals surface area contributed by atoms with Gasteiger partial charge in [0.25, 0.3) is 5.91 Å². The minimum absolute atomic E-state index is 0.0107. The molecule has 5 nitrogen and oxygen atoms in total. The number of hydrogen-bond acceptors (Lipinski definition) is 4. The van der Waals surface area contributed by atoms with E-state index in [2.05, 4.69) is 5.32 Å². The van der Waals surface area contributed by atoms with Crippen LogP contribution >= 0.6 is 0 Å². The molecular weight excluding hydrogens is 256 g/mol. The number of ether oxygens (including phenoxy) is 2. The molecule has 5 heteroatoms. The number of nitrogens with zero attached hydrogens (tertiary/aromatic N) is 1. The third-order valence-corrected chi connectivity index (χ3v) is 3.20. The molecule has 1 N–H and O–H groups in total. The second-order valence-electron chi connectivity index (χ2n) is 4.57. The van der Waals surface area contributed by atoms with Crippen molar-refractivity contribution in [1.29, 1.82) is 0 Å². The summed E-state index contributed by atoms with van der Waals surface area (Å²) in [5.74, 6) is 1.34. The van der Waals surface area contributed by atoms with Crippen LogP contribution in [0.3, 0.4) is 0 Å². The quantitative estimate of drug-likeness (QED) is 0.887. The molecule has 1 amide bonds. The number of piperazine rings is 1. The summed E-state index contributed by atoms with van der Waals surface area (Å²) in [7, 11) is 0. The normalized spacial score (nSPS) is 15.0. The van der Waals surface area contributed by atoms with E-state index in [-0.39, 0.29) is 5.91 Å². The van der Waals surface area contributed by atoms with E-state index in [4.69, 9.17) is 9.47 Å². The monoisotopic (exact) mass is 278 g/mol. The van der Waals surface area contributed by atoms with E-state index in [0.717, 1.165) is 26.2 Å². The third kappa shape index (κ3) is 3.42. The molecule has 1 aliphatic heterocycles. The Hall–Kier alpha value is -1.75. The zero-order valence-electron chi connectivity index (χ0n) is 12.1. The molecular formula is C15H22N2O3. The molecule has 0 bridgehead atoms. The van der Waals surface area contributed by atoms with Crippen molar-refractivity contribution in [3.8, 4) is 11.5 Å². The van der Waals surface area contributed by atoms with Crippen LogP contribution in [0.4, 0.5) is 0 Å². The Labute approximate surface area is 119 Å². The highest BCUT2D eigenvalue weighted by molar-refractivity contribution is 5.97. The van der Waals surface area contributed by atoms with Gasteiger partial charge in [-0.25, -0.2) is 0 Å². The Balaban J connectivity index is 2.25. The fourth-order valence-corrected chi connectivity index (χ4v) is 2.25. The van der Waals surface area contributed by atoms with Crippen LogP contribution in [-0.4, -0.2) is 50.2 Å². The molecule has 0 saturated carbocycles. The maximum absolute atomic E-state index is 12.6. The maximum Gasteiger partial charge on any atom is 0.257 e. The van der Waals surface area contributed by atoms with Crippen LogP contribution in [0, 0.1) is 0 Å². The second-order valence-corrected chi connectivity index (χ2v) is 4.57. The highest BCUT2D eigenvalue weighted by Gasteiger charge is 2.22. The van der Waals surface area contributed by atoms with Crippen molar-refractivity contribution < 1.29 is 14.3 Å². The van der Waals surface area contributed by atoms with Crippen molar-refractivity contribution in [2.24, 2.45) is 0 Å². The van der Waals surface area contributed by atoms with Crippen molar-refractivity contribution in [2.45, 2.75) is 13.8 Å². The molecule has 2 rings (SSSR count). The van der Waals surface area contributed by atoms with E-state index in [1.54, 1.807) is 6.07 Å². The van der Waals surface area contributed by atoms with Crippen LogP contribution in [0.5, 0.6) is 11.5 Å². The molecule has 1 fully saturated rings. The molecule has 20 heavy (non-hydrogen) atoms. The van der Waals surface area contributed by atoms with Gasteiger partial charge >= 0.3 is 0 Å². The highest BCUT2D eigenvalue weighted by Crippen LogP contribution is 2.26. The minimum Gasteiger partial charge on any atom is -0.494 e. The van der Waals surface area contributed by atoms with Gasteiger partial charge in [-0.2, -0.15) is 0 Å². The number of nitrogens with one attached hydrogen (secondary N) is 1. The molecule has 0 aromatic heterocycles. The SMILES string of the molecule is CCOc1ccc(OCC)c(C(=O)N2CCNCC2)c1. The average Bonchev–Trinajstić information content (AvgIpc) is 2.49. The summed E-state index contributed by atoms with van der Waals surface area (Å²) in [4.78, 5) is 14.5. The summed E-state index contributed by atoms with van der Waals surface area (Å²) < 4.78 is 11.0. The van der Waals surface area contributed by atoms with E-state index in [9.17, 15) is 4.79 Å². The van der Waals surface area contributed by atoms with Crippen LogP contribution in [0.25, 0.3) is 0 Å². The molecule has 0 radical (unpaired) electrons. The Morgan fingerprint density at radius 2 is 1.90 bits per heavy atom. The number of hydrogen-bond donors (Lipinski definition) is 1. The maximum atomic E-state index is 12.6. The summed E-state index contributed by atoms with van der Waals surface area (Å²) in [5.41, 5.74) is 0.583. The third-order valence-electron chi connectivity index (χ3n) is 3.20. The summed E-state index contributed by atoms with van der Waals surface area (Å²) in [6.07, 6.45) is 0. The fraction of sp³-hybridized carbons (Fsp3) is 0.533. The second kappa shape index (κ2) is 7.14. The lowest BCUT2D eigenvalue weighted by Crippen LogP contribution is -2.46. The van der Waals surface area contributed by atoms with Crippen molar-refractivity contribution >= 4 is 5.91 Å². The molecule has 1 saturated heterocycles. The Morgan fingerprint density at radius 1 is 1.20 bits per heavy atom. The highest BCUT2D eigenvalue weighted by atomic mass is 16.5. The largest absolute Gasteiger partial charge is 0.494 e. The van der Waals surface area contributed by atoms with Gasteiger partial charge in [0, 0.05) is 26.2 Å². The van der Waals surface area contributed by atoms with E-state index >= 15 is 0 Å². The molecule has 0 unspecified atom stereocenters. The van der Waals surface area contributed by atoms with Crippen LogP contribution < -0.4 is 14.8 Å². The number of benzene rings is 1. The van der Waals surface area contributed by atoms with Gasteiger partial charge in [-0.1, -0.05) is 0 Å². The molecule has 0 atom stereocenters. The summed E-state index contributed by atoms with van der Waals surface area (Å²) in [6.45, 7) is 8.07. The van der Waals surface area contributed by atoms with E-state index < -0.39 is 0 Å². The van der Waals surface area contributed by atoms with Gasteiger partial charge in [-0.15, -0.1) is 0 Å². The molecule has 1 aromatic rings. The number of amides is 1. The molecule has 1 aromatic carbocycles. The van der Waals surface area contributed by atoms with E-state index in [1.807, 2.05) is 30.9 Å². The van der Waals surface area contributed by atoms with Crippen LogP contribution in [0.15, 0.2) is 18.2 Å². The first-order chi connectivity index (χ1) is 9.76. The minimum atomic E-state index is 0.0107. The first kappa shape index (κ1) is 14.7. The number of carbonyl (C=O) groups excluding carboxylic acids is 1. The fourth-order valence-electron chi connectivity index (χ4n) is 2.25. The molecule has 0 aliphatic carbocycles. The molecule has 110 valence electrons. The standard InChI is InChI=1S/C15H22N2O3/c1-3-19-12-5-6-14(20-4-2)13(11-12)15(18)17-9-7-16-8-10-17/h5-6,11,16H,3-4,7-10H2,1-2H3. The Morgan fingerprint density at radius 3 is 2.55 bits per heavy atom. The number of carbonyl (C=O) groups is 1. The van der Waals surface area contributed by atoms with E-state index in [1.165, 1.54) is 0 Å². The van der Waals surface area contributed by atoms with Crippen molar-refractivity contribution in [2.75, 3.05) is 39.4 Å². The lowest BCUT2D eigenvalue weighted by molar-refractivity contribution is 0.0731. The lowest BCUT2D eigenvalue weighted by Gasteiger charge is -2.28. The van der Waals surface area contributed by atoms with Gasteiger partial charge in [0.1, 0.15) is 11.5 Å². The van der Waals surface area contributed by atoms with Crippen molar-refractivity contribution in [3.63, 3.8) is 0 Å². The first-order valence-electron chi connectivity index (χ1n) is 7.16. The average molecular weight is 278 g/mol. The Kier molecular flexibility index (Phi) is 5.24. The van der Waals surface area contributed by atoms with Crippen LogP contribution in [0.2, 0.25) is 0 Å². The molecule has 0 spiro atoms. The van der Waals surface area contributed by atoms with E-state index in [0.29, 0.717) is 30.3 Å². The zero-order valence-corrected chi connectivity index (χ0v) is 12.1. The van der Waals surface area contributed by atoms with Gasteiger partial charge < -0.3 is 19.7 Å². The van der Waals surface area contributed by atoms with Crippen LogP contribution in [-0.2, 0) is 0 Å². The van der Waals surface area contributed by atoms with Crippen molar-refractivity contribution in [1.82, 2.24) is 10.2 Å². The van der Waals surface area contributed by atoms with Gasteiger partial charge in [-0.3, -0.25) is 4.79 Å². The van der Waals surface area contributed by atoms with Crippen molar-refractivity contribution in [3.05, 3.63) is 23.8 Å². The smallest absolute Gasteiger partial charge is 0.257 e. The summed E-state index contributed by atoms with van der Waals surface area (Å²) in [5, 5.41) is 3.24. The molecule has 1 aliphatic rings. The number of rotatable bonds is 5. The first-order valence-corrected chi connectivity index (χ1v) is 7.16. The predicted molar refractivity (Wildman–Crippen MR) is 77.6 cm³/mol. The lowest BCUT2D eigenvalue weighted by atomic mass is 10.1. The van der Waals surface area contributed by atoms with Gasteiger partial charge in [0.15, 0.2) is 0 Å². The van der Waals surface area contributed by atoms with Gasteiger partial charge in [0.05, 0.1) is 18.8 Å². The van der Waals surface area contributed by atoms with Crippen LogP contribution in [0.1, 0.15) is 24.2 Å². The zero-order chi connectivity index (χ0) is 14.4. The summed E-state index contributed by atoms with van der Waals surface area (Å²) in [6, 6.07) is 5.42. The Bertz CT molecular complexity index is 456. The topological polar surface area (TPSA) is 50.8 Å². The predicted octanol–water partition coefficient (Wildman–Crippen LogP) is 1.53. The molecule has 1 heterocycles. The van der Waals surface area contributed by atoms with Gasteiger partial charge in [0.2, 0.25) is 0 Å².